The smallest absolute Gasteiger partial charge is 0.344 e. The van der Waals surface area contributed by atoms with Crippen LogP contribution in [0.4, 0.5) is 5.69 Å². The fourth-order valence-electron chi connectivity index (χ4n) is 2.19. The van der Waals surface area contributed by atoms with Gasteiger partial charge in [0.05, 0.1) is 0 Å². The van der Waals surface area contributed by atoms with Gasteiger partial charge in [0.15, 0.2) is 19.0 Å². The second-order valence-electron chi connectivity index (χ2n) is 5.75. The van der Waals surface area contributed by atoms with Gasteiger partial charge in [-0.3, -0.25) is 9.59 Å². The summed E-state index contributed by atoms with van der Waals surface area (Å²) in [6, 6.07) is 11.5. The van der Waals surface area contributed by atoms with E-state index >= 15 is 0 Å². The molecule has 0 saturated carbocycles. The van der Waals surface area contributed by atoms with Gasteiger partial charge in [-0.15, -0.1) is 0 Å². The lowest BCUT2D eigenvalue weighted by molar-refractivity contribution is -0.149. The molecule has 0 atom stereocenters. The molecule has 0 aliphatic carbocycles. The average Bonchev–Trinajstić information content (AvgIpc) is 2.67. The number of rotatable bonds is 8. The van der Waals surface area contributed by atoms with Crippen molar-refractivity contribution in [1.82, 2.24) is 0 Å². The number of esters is 1. The van der Waals surface area contributed by atoms with E-state index in [1.165, 1.54) is 6.92 Å². The van der Waals surface area contributed by atoms with E-state index in [9.17, 15) is 14.4 Å². The number of hydrogen-bond acceptors (Lipinski definition) is 7. The van der Waals surface area contributed by atoms with Gasteiger partial charge in [0.25, 0.3) is 5.91 Å². The van der Waals surface area contributed by atoms with Crippen LogP contribution in [0.5, 0.6) is 5.75 Å². The number of benzene rings is 2. The van der Waals surface area contributed by atoms with Crippen LogP contribution in [0.15, 0.2) is 47.4 Å². The van der Waals surface area contributed by atoms with Crippen molar-refractivity contribution in [3.63, 3.8) is 0 Å². The maximum Gasteiger partial charge on any atom is 0.344 e. The lowest BCUT2D eigenvalue weighted by Crippen LogP contribution is -2.24. The third kappa shape index (κ3) is 6.45. The minimum atomic E-state index is -0.691. The molecule has 0 spiro atoms. The van der Waals surface area contributed by atoms with E-state index in [2.05, 4.69) is 5.32 Å². The number of nitriles is 1. The number of nitrogens with zero attached hydrogens (tertiary/aromatic N) is 1. The first-order chi connectivity index (χ1) is 13.4. The number of carbonyl (C=O) groups excluding carboxylic acids is 3. The number of nitrogens with one attached hydrogen (secondary N) is 1. The Morgan fingerprint density at radius 2 is 1.82 bits per heavy atom. The summed E-state index contributed by atoms with van der Waals surface area (Å²) in [6.45, 7) is 2.46. The molecule has 0 bridgehead atoms. The van der Waals surface area contributed by atoms with Crippen LogP contribution < -0.4 is 10.1 Å². The minimum absolute atomic E-state index is 0.0642. The van der Waals surface area contributed by atoms with Gasteiger partial charge in [-0.25, -0.2) is 4.79 Å². The molecular weight excluding hydrogens is 380 g/mol. The van der Waals surface area contributed by atoms with Crippen LogP contribution in [0.3, 0.4) is 0 Å². The zero-order valence-electron chi connectivity index (χ0n) is 15.4. The van der Waals surface area contributed by atoms with Crippen molar-refractivity contribution in [1.29, 1.82) is 5.26 Å². The van der Waals surface area contributed by atoms with Crippen molar-refractivity contribution in [3.05, 3.63) is 53.6 Å². The fraction of sp³-hybridized carbons (Fsp3) is 0.200. The highest BCUT2D eigenvalue weighted by Gasteiger charge is 2.10. The van der Waals surface area contributed by atoms with Gasteiger partial charge in [0.1, 0.15) is 11.2 Å². The molecule has 0 heterocycles. The average molecular weight is 398 g/mol. The Balaban J connectivity index is 1.77. The van der Waals surface area contributed by atoms with E-state index in [-0.39, 0.29) is 12.4 Å². The molecule has 28 heavy (non-hydrogen) atoms. The van der Waals surface area contributed by atoms with Crippen molar-refractivity contribution in [2.75, 3.05) is 18.5 Å². The first-order valence-electron chi connectivity index (χ1n) is 8.25. The van der Waals surface area contributed by atoms with E-state index in [1.54, 1.807) is 49.4 Å². The lowest BCUT2D eigenvalue weighted by atomic mass is 10.1. The van der Waals surface area contributed by atoms with Crippen LogP contribution in [0.2, 0.25) is 0 Å². The molecule has 0 aliphatic rings. The number of ether oxygens (including phenoxy) is 2. The summed E-state index contributed by atoms with van der Waals surface area (Å²) in [5.41, 5.74) is 1.91. The molecule has 0 radical (unpaired) electrons. The Bertz CT molecular complexity index is 919. The van der Waals surface area contributed by atoms with Gasteiger partial charge < -0.3 is 14.8 Å². The molecule has 0 saturated heterocycles. The molecule has 0 fully saturated rings. The summed E-state index contributed by atoms with van der Waals surface area (Å²) < 4.78 is 10.1. The number of Topliss-reactive ketones (excluding diaryl/α,β-unsaturated/α-hetero) is 1. The fourth-order valence-corrected chi connectivity index (χ4v) is 2.67. The molecule has 1 amide bonds. The Morgan fingerprint density at radius 3 is 2.43 bits per heavy atom. The number of hydrogen-bond donors (Lipinski definition) is 1. The van der Waals surface area contributed by atoms with Crippen molar-refractivity contribution in [3.8, 4) is 11.2 Å². The molecule has 7 nitrogen and oxygen atoms in total. The molecular formula is C20H18N2O5S. The number of anilines is 1. The molecule has 1 N–H and O–H groups in total. The molecule has 0 unspecified atom stereocenters. The van der Waals surface area contributed by atoms with Crippen LogP contribution in [0.1, 0.15) is 22.8 Å². The van der Waals surface area contributed by atoms with Crippen LogP contribution in [0.25, 0.3) is 0 Å². The number of ketones is 1. The van der Waals surface area contributed by atoms with E-state index < -0.39 is 18.5 Å². The van der Waals surface area contributed by atoms with Crippen LogP contribution >= 0.6 is 11.8 Å². The topological polar surface area (TPSA) is 105 Å². The van der Waals surface area contributed by atoms with Gasteiger partial charge >= 0.3 is 5.97 Å². The standard InChI is InChI=1S/C20H18N2O5S/c1-13-9-17(28-12-21)7-8-18(13)22-19(24)10-27-20(25)11-26-16-5-3-15(4-6-16)14(2)23/h3-9H,10-11H2,1-2H3,(H,22,24). The van der Waals surface area contributed by atoms with Crippen LogP contribution in [-0.4, -0.2) is 30.9 Å². The Morgan fingerprint density at radius 1 is 1.11 bits per heavy atom. The van der Waals surface area contributed by atoms with Crippen molar-refractivity contribution in [2.45, 2.75) is 18.7 Å². The molecule has 2 aromatic rings. The van der Waals surface area contributed by atoms with Crippen LogP contribution in [0, 0.1) is 17.6 Å². The maximum atomic E-state index is 11.9. The third-order valence-electron chi connectivity index (χ3n) is 3.62. The first-order valence-corrected chi connectivity index (χ1v) is 9.06. The van der Waals surface area contributed by atoms with E-state index in [1.807, 2.05) is 5.40 Å². The van der Waals surface area contributed by atoms with Gasteiger partial charge in [-0.2, -0.15) is 5.26 Å². The number of aryl methyl sites for hydroxylation is 1. The van der Waals surface area contributed by atoms with Crippen molar-refractivity contribution >= 4 is 35.1 Å². The Labute approximate surface area is 166 Å². The predicted molar refractivity (Wildman–Crippen MR) is 104 cm³/mol. The number of amides is 1. The summed E-state index contributed by atoms with van der Waals surface area (Å²) in [6.07, 6.45) is 0. The summed E-state index contributed by atoms with van der Waals surface area (Å²) >= 11 is 1.03. The third-order valence-corrected chi connectivity index (χ3v) is 4.20. The normalized spacial score (nSPS) is 9.89. The van der Waals surface area contributed by atoms with E-state index in [0.717, 1.165) is 22.2 Å². The Kier molecular flexibility index (Phi) is 7.60. The van der Waals surface area contributed by atoms with Crippen LogP contribution in [-0.2, 0) is 14.3 Å². The predicted octanol–water partition coefficient (Wildman–Crippen LogP) is 3.33. The highest BCUT2D eigenvalue weighted by Crippen LogP contribution is 2.23. The summed E-state index contributed by atoms with van der Waals surface area (Å²) in [5, 5.41) is 13.3. The highest BCUT2D eigenvalue weighted by atomic mass is 32.2. The van der Waals surface area contributed by atoms with E-state index in [4.69, 9.17) is 14.7 Å². The Hall–Kier alpha value is -3.31. The molecule has 8 heteroatoms. The van der Waals surface area contributed by atoms with Gasteiger partial charge in [-0.1, -0.05) is 0 Å². The van der Waals surface area contributed by atoms with Gasteiger partial charge in [0, 0.05) is 16.1 Å². The van der Waals surface area contributed by atoms with Crippen molar-refractivity contribution in [2.24, 2.45) is 0 Å². The van der Waals surface area contributed by atoms with Gasteiger partial charge in [-0.05, 0) is 73.6 Å². The molecule has 2 rings (SSSR count). The zero-order valence-corrected chi connectivity index (χ0v) is 16.2. The molecule has 2 aromatic carbocycles. The number of carbonyl (C=O) groups is 3. The van der Waals surface area contributed by atoms with Gasteiger partial charge in [0.2, 0.25) is 0 Å². The summed E-state index contributed by atoms with van der Waals surface area (Å²) in [7, 11) is 0. The molecule has 0 aromatic heterocycles. The molecule has 0 aliphatic heterocycles. The van der Waals surface area contributed by atoms with Crippen molar-refractivity contribution < 1.29 is 23.9 Å². The zero-order chi connectivity index (χ0) is 20.5. The second kappa shape index (κ2) is 10.1. The highest BCUT2D eigenvalue weighted by molar-refractivity contribution is 8.03. The number of thioether (sulfide) groups is 1. The summed E-state index contributed by atoms with van der Waals surface area (Å²) in [4.78, 5) is 35.6. The van der Waals surface area contributed by atoms with E-state index in [0.29, 0.717) is 17.0 Å². The second-order valence-corrected chi connectivity index (χ2v) is 6.61. The first kappa shape index (κ1) is 21.0. The lowest BCUT2D eigenvalue weighted by Gasteiger charge is -2.10. The maximum absolute atomic E-state index is 11.9. The quantitative estimate of drug-likeness (QED) is 0.315. The molecule has 144 valence electrons. The monoisotopic (exact) mass is 398 g/mol. The summed E-state index contributed by atoms with van der Waals surface area (Å²) in [5.74, 6) is -0.825. The minimum Gasteiger partial charge on any atom is -0.482 e. The SMILES string of the molecule is CC(=O)c1ccc(OCC(=O)OCC(=O)Nc2ccc(SC#N)cc2C)cc1. The largest absolute Gasteiger partial charge is 0.482 e. The number of thiocyanates is 1.